The number of piperidine rings is 2. The molecule has 0 saturated carbocycles. The van der Waals surface area contributed by atoms with Crippen molar-refractivity contribution in [1.29, 1.82) is 0 Å². The van der Waals surface area contributed by atoms with Crippen molar-refractivity contribution in [2.24, 2.45) is 22.7 Å². The lowest BCUT2D eigenvalue weighted by Crippen LogP contribution is -2.52. The van der Waals surface area contributed by atoms with E-state index in [0.29, 0.717) is 11.8 Å². The Kier molecular flexibility index (Phi) is 6.06. The van der Waals surface area contributed by atoms with Crippen LogP contribution in [0.25, 0.3) is 21.8 Å². The quantitative estimate of drug-likeness (QED) is 0.236. The van der Waals surface area contributed by atoms with Crippen LogP contribution in [0.2, 0.25) is 0 Å². The number of carbonyl (C=O) groups excluding carboxylic acids is 2. The van der Waals surface area contributed by atoms with Gasteiger partial charge in [-0.3, -0.25) is 9.59 Å². The molecule has 0 radical (unpaired) electrons. The Morgan fingerprint density at radius 1 is 0.650 bits per heavy atom. The molecule has 2 spiro atoms. The molecule has 4 aromatic rings. The standard InChI is InChI=1S/2C17H20N2O/c2*1-11-9-15-13(12-5-2-3-6-14(12)19-15)10-17(11)7-4-8-18-16(17)20/h2*2-3,5-6,11,19H,4,7-10H2,1H3,(H,18,20)/t2*11-,17+/m00/s1. The van der Waals surface area contributed by atoms with Gasteiger partial charge in [0.05, 0.1) is 10.8 Å². The number of nitrogens with one attached hydrogen (secondary N) is 4. The number of benzene rings is 2. The van der Waals surface area contributed by atoms with Crippen LogP contribution in [0.1, 0.15) is 62.0 Å². The molecule has 2 aromatic heterocycles. The third kappa shape index (κ3) is 3.82. The number of hydrogen-bond donors (Lipinski definition) is 4. The van der Waals surface area contributed by atoms with E-state index in [1.54, 1.807) is 0 Å². The molecule has 6 nitrogen and oxygen atoms in total. The van der Waals surface area contributed by atoms with E-state index >= 15 is 0 Å². The number of rotatable bonds is 0. The Hall–Kier alpha value is -3.54. The SMILES string of the molecule is C[C@H]1Cc2[nH]c3ccccc3c2C[C@]12CCCNC2=O.C[C@H]1Cc2[nH]c3ccccc3c2C[C@]12CCCNC2=O. The highest BCUT2D eigenvalue weighted by Gasteiger charge is 2.49. The number of amides is 2. The summed E-state index contributed by atoms with van der Waals surface area (Å²) in [5.41, 5.74) is 7.46. The number of aromatic amines is 2. The zero-order valence-electron chi connectivity index (χ0n) is 23.7. The first-order valence-corrected chi connectivity index (χ1v) is 15.1. The van der Waals surface area contributed by atoms with E-state index in [1.807, 2.05) is 0 Å². The van der Waals surface area contributed by atoms with Crippen LogP contribution in [0.5, 0.6) is 0 Å². The highest BCUT2D eigenvalue weighted by molar-refractivity contribution is 5.90. The molecule has 4 aliphatic rings. The minimum absolute atomic E-state index is 0.184. The summed E-state index contributed by atoms with van der Waals surface area (Å²) in [7, 11) is 0. The van der Waals surface area contributed by atoms with E-state index < -0.39 is 0 Å². The molecule has 4 N–H and O–H groups in total. The Morgan fingerprint density at radius 3 is 1.50 bits per heavy atom. The number of H-pyrrole nitrogens is 2. The fourth-order valence-corrected chi connectivity index (χ4v) is 8.31. The largest absolute Gasteiger partial charge is 0.358 e. The van der Waals surface area contributed by atoms with Gasteiger partial charge in [0.15, 0.2) is 0 Å². The first-order chi connectivity index (χ1) is 19.4. The summed E-state index contributed by atoms with van der Waals surface area (Å²) in [5.74, 6) is 1.35. The third-order valence-electron chi connectivity index (χ3n) is 10.8. The van der Waals surface area contributed by atoms with Crippen molar-refractivity contribution in [3.8, 4) is 0 Å². The Morgan fingerprint density at radius 2 is 1.07 bits per heavy atom. The average molecular weight is 537 g/mol. The zero-order valence-corrected chi connectivity index (χ0v) is 23.7. The molecule has 208 valence electrons. The molecule has 4 heterocycles. The van der Waals surface area contributed by atoms with Crippen LogP contribution in [0.15, 0.2) is 48.5 Å². The molecular weight excluding hydrogens is 496 g/mol. The van der Waals surface area contributed by atoms with Crippen LogP contribution < -0.4 is 10.6 Å². The van der Waals surface area contributed by atoms with Gasteiger partial charge < -0.3 is 20.6 Å². The highest BCUT2D eigenvalue weighted by Crippen LogP contribution is 2.48. The predicted octanol–water partition coefficient (Wildman–Crippen LogP) is 5.60. The van der Waals surface area contributed by atoms with Gasteiger partial charge in [0.25, 0.3) is 0 Å². The second-order valence-electron chi connectivity index (χ2n) is 12.9. The summed E-state index contributed by atoms with van der Waals surface area (Å²) in [4.78, 5) is 32.2. The van der Waals surface area contributed by atoms with Gasteiger partial charge in [-0.05, 0) is 86.5 Å². The molecule has 2 aromatic carbocycles. The van der Waals surface area contributed by atoms with Crippen molar-refractivity contribution in [2.45, 2.75) is 65.2 Å². The molecule has 0 unspecified atom stereocenters. The Balaban J connectivity index is 0.000000132. The first-order valence-electron chi connectivity index (χ1n) is 15.1. The summed E-state index contributed by atoms with van der Waals surface area (Å²) in [6.07, 6.45) is 8.01. The van der Waals surface area contributed by atoms with Gasteiger partial charge in [0.1, 0.15) is 0 Å². The van der Waals surface area contributed by atoms with Crippen molar-refractivity contribution in [3.05, 3.63) is 71.0 Å². The van der Waals surface area contributed by atoms with Gasteiger partial charge in [-0.2, -0.15) is 0 Å². The van der Waals surface area contributed by atoms with Crippen LogP contribution in [0.4, 0.5) is 0 Å². The lowest BCUT2D eigenvalue weighted by molar-refractivity contribution is -0.138. The van der Waals surface area contributed by atoms with Gasteiger partial charge in [-0.25, -0.2) is 0 Å². The molecule has 0 bridgehead atoms. The van der Waals surface area contributed by atoms with Gasteiger partial charge in [0, 0.05) is 46.3 Å². The summed E-state index contributed by atoms with van der Waals surface area (Å²) >= 11 is 0. The average Bonchev–Trinajstić information content (AvgIpc) is 3.49. The van der Waals surface area contributed by atoms with Crippen LogP contribution >= 0.6 is 0 Å². The highest BCUT2D eigenvalue weighted by atomic mass is 16.2. The maximum atomic E-state index is 12.5. The molecule has 2 fully saturated rings. The molecule has 6 heteroatoms. The predicted molar refractivity (Wildman–Crippen MR) is 159 cm³/mol. The van der Waals surface area contributed by atoms with Crippen LogP contribution in [-0.4, -0.2) is 34.9 Å². The van der Waals surface area contributed by atoms with Crippen LogP contribution in [0, 0.1) is 22.7 Å². The van der Waals surface area contributed by atoms with Gasteiger partial charge in [-0.15, -0.1) is 0 Å². The number of hydrogen-bond acceptors (Lipinski definition) is 2. The van der Waals surface area contributed by atoms with Crippen molar-refractivity contribution >= 4 is 33.6 Å². The lowest BCUT2D eigenvalue weighted by atomic mass is 9.62. The smallest absolute Gasteiger partial charge is 0.226 e. The van der Waals surface area contributed by atoms with Crippen molar-refractivity contribution in [2.75, 3.05) is 13.1 Å². The number of para-hydroxylation sites is 2. The fourth-order valence-electron chi connectivity index (χ4n) is 8.31. The van der Waals surface area contributed by atoms with Gasteiger partial charge >= 0.3 is 0 Å². The summed E-state index contributed by atoms with van der Waals surface area (Å²) < 4.78 is 0. The summed E-state index contributed by atoms with van der Waals surface area (Å²) in [5, 5.41) is 8.79. The molecule has 2 amide bonds. The minimum Gasteiger partial charge on any atom is -0.358 e. The Bertz CT molecular complexity index is 1490. The zero-order chi connectivity index (χ0) is 27.5. The second kappa shape index (κ2) is 9.53. The van der Waals surface area contributed by atoms with E-state index in [-0.39, 0.29) is 22.6 Å². The molecule has 2 aliphatic carbocycles. The maximum Gasteiger partial charge on any atom is 0.226 e. The number of aromatic nitrogens is 2. The van der Waals surface area contributed by atoms with E-state index in [9.17, 15) is 9.59 Å². The van der Waals surface area contributed by atoms with Crippen LogP contribution in [-0.2, 0) is 35.3 Å². The normalized spacial score (nSPS) is 29.4. The van der Waals surface area contributed by atoms with Crippen molar-refractivity contribution < 1.29 is 9.59 Å². The second-order valence-corrected chi connectivity index (χ2v) is 12.9. The van der Waals surface area contributed by atoms with E-state index in [0.717, 1.165) is 64.5 Å². The molecule has 4 atom stereocenters. The number of fused-ring (bicyclic) bond motifs is 6. The molecule has 8 rings (SSSR count). The van der Waals surface area contributed by atoms with Gasteiger partial charge in [0.2, 0.25) is 11.8 Å². The minimum atomic E-state index is -0.184. The fraction of sp³-hybridized carbons (Fsp3) is 0.471. The summed E-state index contributed by atoms with van der Waals surface area (Å²) in [6, 6.07) is 16.9. The molecule has 2 saturated heterocycles. The van der Waals surface area contributed by atoms with Crippen molar-refractivity contribution in [3.63, 3.8) is 0 Å². The topological polar surface area (TPSA) is 89.8 Å². The Labute approximate surface area is 235 Å². The first kappa shape index (κ1) is 25.4. The molecule has 40 heavy (non-hydrogen) atoms. The van der Waals surface area contributed by atoms with Crippen molar-refractivity contribution in [1.82, 2.24) is 20.6 Å². The number of carbonyl (C=O) groups is 2. The lowest BCUT2D eigenvalue weighted by Gasteiger charge is -2.43. The van der Waals surface area contributed by atoms with E-state index in [2.05, 4.69) is 83.0 Å². The van der Waals surface area contributed by atoms with E-state index in [4.69, 9.17) is 0 Å². The third-order valence-corrected chi connectivity index (χ3v) is 10.8. The molecule has 2 aliphatic heterocycles. The summed E-state index contributed by atoms with van der Waals surface area (Å²) in [6.45, 7) is 6.15. The monoisotopic (exact) mass is 536 g/mol. The van der Waals surface area contributed by atoms with Crippen LogP contribution in [0.3, 0.4) is 0 Å². The maximum absolute atomic E-state index is 12.5. The van der Waals surface area contributed by atoms with E-state index in [1.165, 1.54) is 44.3 Å². The van der Waals surface area contributed by atoms with Gasteiger partial charge in [-0.1, -0.05) is 50.2 Å². The molecular formula is C34H40N4O2.